The van der Waals surface area contributed by atoms with Gasteiger partial charge in [-0.15, -0.1) is 0 Å². The van der Waals surface area contributed by atoms with Gasteiger partial charge in [0.15, 0.2) is 0 Å². The Morgan fingerprint density at radius 2 is 2.25 bits per heavy atom. The maximum Gasteiger partial charge on any atom is 0.140 e. The third kappa shape index (κ3) is 2.27. The molecule has 2 aromatic rings. The van der Waals surface area contributed by atoms with E-state index in [1.165, 1.54) is 24.1 Å². The summed E-state index contributed by atoms with van der Waals surface area (Å²) in [4.78, 5) is 4.77. The van der Waals surface area contributed by atoms with E-state index >= 15 is 0 Å². The van der Waals surface area contributed by atoms with E-state index < -0.39 is 0 Å². The average Bonchev–Trinajstić information content (AvgIpc) is 2.81. The van der Waals surface area contributed by atoms with Crippen LogP contribution in [0, 0.1) is 18.3 Å². The highest BCUT2D eigenvalue weighted by molar-refractivity contribution is 9.10. The molecule has 1 aromatic carbocycles. The van der Waals surface area contributed by atoms with E-state index in [-0.39, 0.29) is 0 Å². The lowest BCUT2D eigenvalue weighted by atomic mass is 10.1. The molecule has 0 saturated carbocycles. The van der Waals surface area contributed by atoms with Crippen LogP contribution >= 0.6 is 15.9 Å². The molecule has 0 saturated heterocycles. The number of imidazole rings is 1. The van der Waals surface area contributed by atoms with Gasteiger partial charge in [-0.25, -0.2) is 4.98 Å². The van der Waals surface area contributed by atoms with Crippen LogP contribution in [0.2, 0.25) is 0 Å². The highest BCUT2D eigenvalue weighted by Gasteiger charge is 2.21. The normalized spacial score (nSPS) is 13.8. The number of nitriles is 1. The van der Waals surface area contributed by atoms with Crippen molar-refractivity contribution in [1.82, 2.24) is 9.55 Å². The van der Waals surface area contributed by atoms with Crippen LogP contribution in [0.25, 0.3) is 11.4 Å². The summed E-state index contributed by atoms with van der Waals surface area (Å²) < 4.78 is 3.37. The van der Waals surface area contributed by atoms with Crippen molar-refractivity contribution in [2.75, 3.05) is 0 Å². The third-order valence-corrected chi connectivity index (χ3v) is 4.38. The molecule has 4 heteroatoms. The van der Waals surface area contributed by atoms with Gasteiger partial charge in [-0.05, 0) is 43.9 Å². The maximum absolute atomic E-state index is 8.99. The standard InChI is InChI=1S/C16H16BrN3/c1-11-5-6-12(17)10-13(11)16-19-14(7-8-18)15-4-2-3-9-20(15)16/h5-6,10H,2-4,7,9H2,1H3. The second-order valence-corrected chi connectivity index (χ2v) is 6.15. The molecule has 1 aliphatic rings. The summed E-state index contributed by atoms with van der Waals surface area (Å²) in [6.07, 6.45) is 3.83. The van der Waals surface area contributed by atoms with Crippen molar-refractivity contribution in [3.63, 3.8) is 0 Å². The Balaban J connectivity index is 2.18. The lowest BCUT2D eigenvalue weighted by Gasteiger charge is -2.18. The number of fused-ring (bicyclic) bond motifs is 1. The van der Waals surface area contributed by atoms with Gasteiger partial charge in [-0.1, -0.05) is 22.0 Å². The van der Waals surface area contributed by atoms with Crippen LogP contribution in [-0.4, -0.2) is 9.55 Å². The van der Waals surface area contributed by atoms with Gasteiger partial charge in [0.05, 0.1) is 18.2 Å². The minimum absolute atomic E-state index is 0.405. The first-order chi connectivity index (χ1) is 9.70. The fourth-order valence-electron chi connectivity index (χ4n) is 2.88. The minimum Gasteiger partial charge on any atom is -0.328 e. The molecular formula is C16H16BrN3. The summed E-state index contributed by atoms with van der Waals surface area (Å²) in [6, 6.07) is 8.52. The molecule has 0 amide bonds. The molecule has 1 aromatic heterocycles. The number of nitrogens with zero attached hydrogens (tertiary/aromatic N) is 3. The molecule has 20 heavy (non-hydrogen) atoms. The Kier molecular flexibility index (Phi) is 3.62. The van der Waals surface area contributed by atoms with Gasteiger partial charge < -0.3 is 4.57 Å². The van der Waals surface area contributed by atoms with Gasteiger partial charge in [-0.3, -0.25) is 0 Å². The molecule has 0 aliphatic carbocycles. The molecule has 102 valence electrons. The third-order valence-electron chi connectivity index (χ3n) is 3.89. The number of halogens is 1. The number of hydrogen-bond donors (Lipinski definition) is 0. The smallest absolute Gasteiger partial charge is 0.140 e. The summed E-state index contributed by atoms with van der Waals surface area (Å²) >= 11 is 3.54. The van der Waals surface area contributed by atoms with Crippen molar-refractivity contribution >= 4 is 15.9 Å². The first-order valence-corrected chi connectivity index (χ1v) is 7.71. The van der Waals surface area contributed by atoms with Gasteiger partial charge in [0.25, 0.3) is 0 Å². The molecule has 3 nitrogen and oxygen atoms in total. The summed E-state index contributed by atoms with van der Waals surface area (Å²) in [5.41, 5.74) is 4.59. The first kappa shape index (κ1) is 13.4. The fraction of sp³-hybridized carbons (Fsp3) is 0.375. The van der Waals surface area contributed by atoms with Gasteiger partial charge in [-0.2, -0.15) is 5.26 Å². The highest BCUT2D eigenvalue weighted by atomic mass is 79.9. The predicted octanol–water partition coefficient (Wildman–Crippen LogP) is 4.02. The number of benzene rings is 1. The van der Waals surface area contributed by atoms with E-state index in [2.05, 4.69) is 51.7 Å². The van der Waals surface area contributed by atoms with Gasteiger partial charge >= 0.3 is 0 Å². The van der Waals surface area contributed by atoms with Crippen LogP contribution in [0.3, 0.4) is 0 Å². The number of aromatic nitrogens is 2. The van der Waals surface area contributed by atoms with Gasteiger partial charge in [0.1, 0.15) is 5.82 Å². The largest absolute Gasteiger partial charge is 0.328 e. The zero-order valence-corrected chi connectivity index (χ0v) is 13.1. The summed E-state index contributed by atoms with van der Waals surface area (Å²) in [5.74, 6) is 1.02. The highest BCUT2D eigenvalue weighted by Crippen LogP contribution is 2.31. The molecule has 0 N–H and O–H groups in total. The van der Waals surface area contributed by atoms with Crippen LogP contribution in [-0.2, 0) is 19.4 Å². The zero-order chi connectivity index (χ0) is 14.1. The SMILES string of the molecule is Cc1ccc(Br)cc1-c1nc(CC#N)c2n1CCCC2. The lowest BCUT2D eigenvalue weighted by Crippen LogP contribution is -2.12. The number of aryl methyl sites for hydroxylation is 1. The molecule has 0 bridgehead atoms. The van der Waals surface area contributed by atoms with Crippen LogP contribution in [0.4, 0.5) is 0 Å². The Labute approximate surface area is 127 Å². The van der Waals surface area contributed by atoms with E-state index in [9.17, 15) is 0 Å². The Morgan fingerprint density at radius 1 is 1.40 bits per heavy atom. The lowest BCUT2D eigenvalue weighted by molar-refractivity contribution is 0.534. The Hall–Kier alpha value is -1.60. The summed E-state index contributed by atoms with van der Waals surface area (Å²) in [7, 11) is 0. The first-order valence-electron chi connectivity index (χ1n) is 6.92. The molecule has 0 unspecified atom stereocenters. The quantitative estimate of drug-likeness (QED) is 0.834. The fourth-order valence-corrected chi connectivity index (χ4v) is 3.24. The van der Waals surface area contributed by atoms with Gasteiger partial charge in [0, 0.05) is 22.3 Å². The molecule has 0 atom stereocenters. The maximum atomic E-state index is 8.99. The molecule has 0 spiro atoms. The summed E-state index contributed by atoms with van der Waals surface area (Å²) in [6.45, 7) is 3.12. The minimum atomic E-state index is 0.405. The zero-order valence-electron chi connectivity index (χ0n) is 11.5. The molecule has 2 heterocycles. The molecule has 3 rings (SSSR count). The number of rotatable bonds is 2. The molecular weight excluding hydrogens is 314 g/mol. The van der Waals surface area contributed by atoms with Crippen molar-refractivity contribution in [3.8, 4) is 17.5 Å². The van der Waals surface area contributed by atoms with Crippen molar-refractivity contribution in [1.29, 1.82) is 5.26 Å². The van der Waals surface area contributed by atoms with Crippen molar-refractivity contribution in [2.24, 2.45) is 0 Å². The van der Waals surface area contributed by atoms with E-state index in [1.807, 2.05) is 0 Å². The van der Waals surface area contributed by atoms with Gasteiger partial charge in [0.2, 0.25) is 0 Å². The number of hydrogen-bond acceptors (Lipinski definition) is 2. The Morgan fingerprint density at radius 3 is 3.05 bits per heavy atom. The van der Waals surface area contributed by atoms with Crippen LogP contribution < -0.4 is 0 Å². The second-order valence-electron chi connectivity index (χ2n) is 5.23. The van der Waals surface area contributed by atoms with Crippen molar-refractivity contribution in [2.45, 2.75) is 39.2 Å². The van der Waals surface area contributed by atoms with Crippen molar-refractivity contribution in [3.05, 3.63) is 39.6 Å². The van der Waals surface area contributed by atoms with Crippen LogP contribution in [0.1, 0.15) is 29.8 Å². The Bertz CT molecular complexity index is 694. The molecule has 1 aliphatic heterocycles. The average molecular weight is 330 g/mol. The van der Waals surface area contributed by atoms with Crippen LogP contribution in [0.15, 0.2) is 22.7 Å². The molecule has 0 radical (unpaired) electrons. The topological polar surface area (TPSA) is 41.6 Å². The van der Waals surface area contributed by atoms with E-state index in [0.717, 1.165) is 34.5 Å². The van der Waals surface area contributed by atoms with E-state index in [1.54, 1.807) is 0 Å². The second kappa shape index (κ2) is 5.41. The van der Waals surface area contributed by atoms with E-state index in [4.69, 9.17) is 10.2 Å². The van der Waals surface area contributed by atoms with Crippen LogP contribution in [0.5, 0.6) is 0 Å². The monoisotopic (exact) mass is 329 g/mol. The predicted molar refractivity (Wildman–Crippen MR) is 82.4 cm³/mol. The molecule has 0 fully saturated rings. The van der Waals surface area contributed by atoms with Crippen molar-refractivity contribution < 1.29 is 0 Å². The van der Waals surface area contributed by atoms with E-state index in [0.29, 0.717) is 6.42 Å². The summed E-state index contributed by atoms with van der Waals surface area (Å²) in [5, 5.41) is 8.99.